The fraction of sp³-hybridized carbons (Fsp3) is 0.952. The van der Waals surface area contributed by atoms with Crippen molar-refractivity contribution in [3.05, 3.63) is 12.2 Å². The summed E-state index contributed by atoms with van der Waals surface area (Å²) in [5, 5.41) is 119. The van der Waals surface area contributed by atoms with Crippen molar-refractivity contribution in [3.8, 4) is 0 Å². The molecule has 6 fully saturated rings. The summed E-state index contributed by atoms with van der Waals surface area (Å²) in [5.74, 6) is -1.05. The highest BCUT2D eigenvalue weighted by Crippen LogP contribution is 2.76. The number of hydrogen-bond donors (Lipinski definition) is 11. The third-order valence-electron chi connectivity index (χ3n) is 16.5. The maximum absolute atomic E-state index is 12.6. The first-order chi connectivity index (χ1) is 26.3. The van der Waals surface area contributed by atoms with E-state index in [0.29, 0.717) is 38.5 Å². The van der Waals surface area contributed by atoms with Gasteiger partial charge in [0.05, 0.1) is 42.7 Å². The van der Waals surface area contributed by atoms with Crippen LogP contribution in [-0.4, -0.2) is 160 Å². The summed E-state index contributed by atoms with van der Waals surface area (Å²) in [4.78, 5) is 0. The van der Waals surface area contributed by atoms with Crippen LogP contribution in [0, 0.1) is 45.3 Å². The van der Waals surface area contributed by atoms with Crippen LogP contribution in [-0.2, 0) is 18.9 Å². The van der Waals surface area contributed by atoms with Gasteiger partial charge in [-0.1, -0.05) is 46.8 Å². The fourth-order valence-electron chi connectivity index (χ4n) is 13.3. The first-order valence-corrected chi connectivity index (χ1v) is 21.0. The zero-order valence-corrected chi connectivity index (χ0v) is 34.9. The minimum atomic E-state index is -1.65. The molecule has 6 rings (SSSR count). The van der Waals surface area contributed by atoms with E-state index in [1.54, 1.807) is 26.0 Å². The van der Waals surface area contributed by atoms with Gasteiger partial charge in [0.2, 0.25) is 0 Å². The molecule has 2 saturated heterocycles. The Labute approximate surface area is 336 Å². The van der Waals surface area contributed by atoms with Gasteiger partial charge in [0.1, 0.15) is 48.8 Å². The first-order valence-electron chi connectivity index (χ1n) is 21.0. The zero-order chi connectivity index (χ0) is 42.4. The number of fused-ring (bicyclic) bond motifs is 5. The van der Waals surface area contributed by atoms with Crippen LogP contribution >= 0.6 is 0 Å². The highest BCUT2D eigenvalue weighted by atomic mass is 16.7. The van der Waals surface area contributed by atoms with Gasteiger partial charge in [-0.05, 0) is 111 Å². The Balaban J connectivity index is 1.40. The predicted molar refractivity (Wildman–Crippen MR) is 204 cm³/mol. The van der Waals surface area contributed by atoms with Crippen LogP contribution in [0.25, 0.3) is 0 Å². The Kier molecular flexibility index (Phi) is 12.7. The van der Waals surface area contributed by atoms with Gasteiger partial charge in [-0.15, -0.1) is 0 Å². The molecule has 0 aromatic heterocycles. The molecule has 330 valence electrons. The van der Waals surface area contributed by atoms with Crippen LogP contribution in [0.15, 0.2) is 12.2 Å². The van der Waals surface area contributed by atoms with Gasteiger partial charge in [0.25, 0.3) is 0 Å². The van der Waals surface area contributed by atoms with Gasteiger partial charge in [-0.2, -0.15) is 0 Å². The van der Waals surface area contributed by atoms with Gasteiger partial charge in [-0.25, -0.2) is 0 Å². The van der Waals surface area contributed by atoms with Crippen molar-refractivity contribution < 1.29 is 75.1 Å². The van der Waals surface area contributed by atoms with Crippen molar-refractivity contribution >= 4 is 0 Å². The Morgan fingerprint density at radius 2 is 1.28 bits per heavy atom. The van der Waals surface area contributed by atoms with Crippen molar-refractivity contribution in [2.45, 2.75) is 191 Å². The monoisotopic (exact) mass is 816 g/mol. The second-order valence-corrected chi connectivity index (χ2v) is 20.7. The molecule has 15 nitrogen and oxygen atoms in total. The number of rotatable bonds is 10. The highest BCUT2D eigenvalue weighted by molar-refractivity contribution is 5.22. The Morgan fingerprint density at radius 1 is 0.719 bits per heavy atom. The largest absolute Gasteiger partial charge is 0.394 e. The lowest BCUT2D eigenvalue weighted by atomic mass is 9.34. The van der Waals surface area contributed by atoms with E-state index in [4.69, 9.17) is 18.9 Å². The molecule has 0 aromatic rings. The molecule has 57 heavy (non-hydrogen) atoms. The molecular formula is C42H72O15. The predicted octanol–water partition coefficient (Wildman–Crippen LogP) is 0.0906. The van der Waals surface area contributed by atoms with Crippen LogP contribution in [0.4, 0.5) is 0 Å². The Bertz CT molecular complexity index is 1440. The van der Waals surface area contributed by atoms with E-state index in [9.17, 15) is 56.2 Å². The molecule has 0 aromatic carbocycles. The summed E-state index contributed by atoms with van der Waals surface area (Å²) in [6.07, 6.45) is -9.91. The molecule has 4 saturated carbocycles. The SMILES string of the molecule is CC(C)(O)C=CCC(C)(OC1OC(CO)C(O)C(O)C1O)C1CCC2(C)C1C(O)CC1C3(C)CCC(O)C(C)(C)C3C(OC3OC(CO)C(O)C(O)C3O)CC12C. The molecule has 0 radical (unpaired) electrons. The molecule has 15 heteroatoms. The smallest absolute Gasteiger partial charge is 0.187 e. The molecule has 21 atom stereocenters. The second kappa shape index (κ2) is 15.8. The lowest BCUT2D eigenvalue weighted by Gasteiger charge is -2.72. The molecule has 0 spiro atoms. The number of aliphatic hydroxyl groups excluding tert-OH is 10. The quantitative estimate of drug-likeness (QED) is 0.103. The van der Waals surface area contributed by atoms with E-state index >= 15 is 0 Å². The highest BCUT2D eigenvalue weighted by Gasteiger charge is 2.74. The summed E-state index contributed by atoms with van der Waals surface area (Å²) in [6.45, 7) is 14.6. The number of aliphatic hydroxyl groups is 11. The van der Waals surface area contributed by atoms with E-state index in [1.165, 1.54) is 0 Å². The average molecular weight is 817 g/mol. The maximum Gasteiger partial charge on any atom is 0.187 e. The topological polar surface area (TPSA) is 259 Å². The van der Waals surface area contributed by atoms with Crippen LogP contribution in [0.1, 0.15) is 100 Å². The standard InChI is InChI=1S/C42H72O15/c1-37(2,53)12-9-13-42(8,57-36-33(52)31(50)29(48)24(19-44)56-36)20-10-15-40(6)27(20)21(45)16-25-39(5)14-11-26(46)38(3,4)34(39)22(17-41(25,40)7)54-35-32(51)30(49)28(47)23(18-43)55-35/h9,12,20-36,43-53H,10-11,13-19H2,1-8H3. The molecule has 21 unspecified atom stereocenters. The van der Waals surface area contributed by atoms with E-state index in [0.717, 1.165) is 0 Å². The summed E-state index contributed by atoms with van der Waals surface area (Å²) >= 11 is 0. The fourth-order valence-corrected chi connectivity index (χ4v) is 13.3. The van der Waals surface area contributed by atoms with Crippen LogP contribution in [0.2, 0.25) is 0 Å². The molecule has 2 aliphatic heterocycles. The molecule has 0 amide bonds. The number of hydrogen-bond acceptors (Lipinski definition) is 15. The summed E-state index contributed by atoms with van der Waals surface area (Å²) in [6, 6.07) is 0. The van der Waals surface area contributed by atoms with Crippen molar-refractivity contribution in [2.24, 2.45) is 45.3 Å². The minimum Gasteiger partial charge on any atom is -0.394 e. The van der Waals surface area contributed by atoms with E-state index < -0.39 is 126 Å². The number of ether oxygens (including phenoxy) is 4. The van der Waals surface area contributed by atoms with Crippen molar-refractivity contribution in [2.75, 3.05) is 13.2 Å². The summed E-state index contributed by atoms with van der Waals surface area (Å²) in [5.41, 5.74) is -4.55. The second-order valence-electron chi connectivity index (χ2n) is 20.7. The molecular weight excluding hydrogens is 744 g/mol. The maximum atomic E-state index is 12.6. The van der Waals surface area contributed by atoms with Crippen LogP contribution in [0.5, 0.6) is 0 Å². The third kappa shape index (κ3) is 7.49. The molecule has 0 bridgehead atoms. The normalized spacial score (nSPS) is 52.5. The van der Waals surface area contributed by atoms with Crippen LogP contribution in [0.3, 0.4) is 0 Å². The molecule has 6 aliphatic rings. The van der Waals surface area contributed by atoms with Gasteiger partial charge in [0, 0.05) is 0 Å². The zero-order valence-electron chi connectivity index (χ0n) is 34.9. The summed E-state index contributed by atoms with van der Waals surface area (Å²) in [7, 11) is 0. The molecule has 2 heterocycles. The lowest BCUT2D eigenvalue weighted by Crippen LogP contribution is -2.71. The van der Waals surface area contributed by atoms with Crippen molar-refractivity contribution in [3.63, 3.8) is 0 Å². The van der Waals surface area contributed by atoms with E-state index in [2.05, 4.69) is 20.8 Å². The minimum absolute atomic E-state index is 0.0425. The lowest BCUT2D eigenvalue weighted by molar-refractivity contribution is -0.349. The van der Waals surface area contributed by atoms with Gasteiger partial charge in [0.15, 0.2) is 12.6 Å². The van der Waals surface area contributed by atoms with Crippen LogP contribution < -0.4 is 0 Å². The molecule has 4 aliphatic carbocycles. The van der Waals surface area contributed by atoms with E-state index in [1.807, 2.05) is 20.8 Å². The van der Waals surface area contributed by atoms with Gasteiger partial charge in [-0.3, -0.25) is 0 Å². The average Bonchev–Trinajstić information content (AvgIpc) is 3.51. The Hall–Kier alpha value is -0.860. The van der Waals surface area contributed by atoms with Crippen molar-refractivity contribution in [1.29, 1.82) is 0 Å². The Morgan fingerprint density at radius 3 is 1.84 bits per heavy atom. The third-order valence-corrected chi connectivity index (χ3v) is 16.5. The summed E-state index contributed by atoms with van der Waals surface area (Å²) < 4.78 is 25.3. The first kappa shape index (κ1) is 45.7. The van der Waals surface area contributed by atoms with Gasteiger partial charge >= 0.3 is 0 Å². The molecule has 11 N–H and O–H groups in total. The van der Waals surface area contributed by atoms with Gasteiger partial charge < -0.3 is 75.1 Å². The van der Waals surface area contributed by atoms with Crippen molar-refractivity contribution in [1.82, 2.24) is 0 Å². The van der Waals surface area contributed by atoms with E-state index in [-0.39, 0.29) is 30.1 Å².